The molecule has 0 fully saturated rings. The van der Waals surface area contributed by atoms with Crippen LogP contribution in [0.4, 0.5) is 0 Å². The Balaban J connectivity index is 1.67. The summed E-state index contributed by atoms with van der Waals surface area (Å²) in [6, 6.07) is 14.1. The number of aromatic amines is 1. The van der Waals surface area contributed by atoms with E-state index in [4.69, 9.17) is 0 Å². The van der Waals surface area contributed by atoms with Crippen LogP contribution in [0.15, 0.2) is 60.9 Å². The van der Waals surface area contributed by atoms with Gasteiger partial charge >= 0.3 is 0 Å². The molecule has 2 aromatic heterocycles. The number of pyridine rings is 1. The predicted molar refractivity (Wildman–Crippen MR) is 106 cm³/mol. The predicted octanol–water partition coefficient (Wildman–Crippen LogP) is 2.87. The summed E-state index contributed by atoms with van der Waals surface area (Å²) in [4.78, 5) is 21.9. The minimum atomic E-state index is -0.0916. The van der Waals surface area contributed by atoms with Gasteiger partial charge in [-0.1, -0.05) is 30.3 Å². The topological polar surface area (TPSA) is 61.0 Å². The number of nitrogens with one attached hydrogen (secondary N) is 2. The van der Waals surface area contributed by atoms with Crippen LogP contribution >= 0.6 is 0 Å². The van der Waals surface area contributed by atoms with E-state index in [1.165, 1.54) is 5.56 Å². The highest BCUT2D eigenvalue weighted by Gasteiger charge is 2.13. The molecule has 0 radical (unpaired) electrons. The van der Waals surface area contributed by atoms with Gasteiger partial charge in [0.05, 0.1) is 0 Å². The number of benzene rings is 1. The highest BCUT2D eigenvalue weighted by Crippen LogP contribution is 2.16. The molecule has 1 aromatic carbocycles. The molecule has 2 heterocycles. The molecular weight excluding hydrogens is 324 g/mol. The summed E-state index contributed by atoms with van der Waals surface area (Å²) in [5, 5.41) is 4.12. The molecule has 5 heteroatoms. The third-order valence-corrected chi connectivity index (χ3v) is 4.15. The Morgan fingerprint density at radius 2 is 2.04 bits per heavy atom. The summed E-state index contributed by atoms with van der Waals surface area (Å²) in [5.74, 6) is -0.0916. The highest BCUT2D eigenvalue weighted by atomic mass is 16.1. The second kappa shape index (κ2) is 8.45. The minimum absolute atomic E-state index is 0.0502. The second-order valence-corrected chi connectivity index (χ2v) is 6.63. The summed E-state index contributed by atoms with van der Waals surface area (Å²) in [5.41, 5.74) is 2.99. The summed E-state index contributed by atoms with van der Waals surface area (Å²) < 4.78 is 0. The van der Waals surface area contributed by atoms with Gasteiger partial charge in [0.1, 0.15) is 5.65 Å². The zero-order valence-electron chi connectivity index (χ0n) is 15.1. The van der Waals surface area contributed by atoms with Crippen molar-refractivity contribution < 1.29 is 4.79 Å². The molecule has 0 spiro atoms. The summed E-state index contributed by atoms with van der Waals surface area (Å²) in [6.45, 7) is 0.783. The molecule has 3 rings (SSSR count). The molecule has 3 aromatic rings. The number of carbonyl (C=O) groups is 1. The number of hydrogen-bond acceptors (Lipinski definition) is 3. The van der Waals surface area contributed by atoms with Crippen LogP contribution in [-0.4, -0.2) is 47.5 Å². The third-order valence-electron chi connectivity index (χ3n) is 4.15. The van der Waals surface area contributed by atoms with Crippen LogP contribution in [-0.2, 0) is 11.2 Å². The van der Waals surface area contributed by atoms with E-state index >= 15 is 0 Å². The molecule has 5 nitrogen and oxygen atoms in total. The first-order chi connectivity index (χ1) is 12.6. The van der Waals surface area contributed by atoms with Gasteiger partial charge < -0.3 is 15.2 Å². The lowest BCUT2D eigenvalue weighted by Gasteiger charge is -2.22. The van der Waals surface area contributed by atoms with Crippen molar-refractivity contribution in [1.29, 1.82) is 0 Å². The lowest BCUT2D eigenvalue weighted by Crippen LogP contribution is -2.42. The Morgan fingerprint density at radius 3 is 2.81 bits per heavy atom. The first-order valence-corrected chi connectivity index (χ1v) is 8.71. The van der Waals surface area contributed by atoms with Gasteiger partial charge in [-0.2, -0.15) is 0 Å². The van der Waals surface area contributed by atoms with Crippen molar-refractivity contribution in [3.05, 3.63) is 72.1 Å². The van der Waals surface area contributed by atoms with E-state index in [0.717, 1.165) is 29.6 Å². The van der Waals surface area contributed by atoms with Gasteiger partial charge in [0, 0.05) is 42.0 Å². The zero-order chi connectivity index (χ0) is 18.4. The van der Waals surface area contributed by atoms with Crippen molar-refractivity contribution >= 4 is 23.0 Å². The Bertz CT molecular complexity index is 883. The third kappa shape index (κ3) is 4.80. The maximum Gasteiger partial charge on any atom is 0.244 e. The SMILES string of the molecule is CN(C)CC(Cc1ccccc1)NC(=O)C=Cc1c[nH]c2ncccc12. The normalized spacial score (nSPS) is 12.7. The number of amides is 1. The summed E-state index contributed by atoms with van der Waals surface area (Å²) in [7, 11) is 4.03. The standard InChI is InChI=1S/C21H24N4O/c1-25(2)15-18(13-16-7-4-3-5-8-16)24-20(26)11-10-17-14-23-21-19(17)9-6-12-22-21/h3-12,14,18H,13,15H2,1-2H3,(H,22,23)(H,24,26). The minimum Gasteiger partial charge on any atom is -0.348 e. The van der Waals surface area contributed by atoms with E-state index in [0.29, 0.717) is 0 Å². The van der Waals surface area contributed by atoms with E-state index in [-0.39, 0.29) is 11.9 Å². The average molecular weight is 348 g/mol. The van der Waals surface area contributed by atoms with E-state index in [1.807, 2.05) is 56.7 Å². The molecule has 0 bridgehead atoms. The van der Waals surface area contributed by atoms with Crippen LogP contribution in [0, 0.1) is 0 Å². The first-order valence-electron chi connectivity index (χ1n) is 8.71. The Hall–Kier alpha value is -2.92. The van der Waals surface area contributed by atoms with E-state index in [9.17, 15) is 4.79 Å². The van der Waals surface area contributed by atoms with Gasteiger partial charge in [0.15, 0.2) is 0 Å². The summed E-state index contributed by atoms with van der Waals surface area (Å²) >= 11 is 0. The van der Waals surface area contributed by atoms with E-state index in [2.05, 4.69) is 32.3 Å². The maximum absolute atomic E-state index is 12.4. The van der Waals surface area contributed by atoms with Crippen LogP contribution in [0.2, 0.25) is 0 Å². The Morgan fingerprint density at radius 1 is 1.23 bits per heavy atom. The number of hydrogen-bond donors (Lipinski definition) is 2. The molecule has 1 amide bonds. The fourth-order valence-electron chi connectivity index (χ4n) is 3.03. The highest BCUT2D eigenvalue weighted by molar-refractivity contribution is 5.95. The molecule has 0 aliphatic rings. The fraction of sp³-hybridized carbons (Fsp3) is 0.238. The molecule has 1 atom stereocenters. The number of aromatic nitrogens is 2. The Labute approximate surface area is 153 Å². The van der Waals surface area contributed by atoms with Gasteiger partial charge in [0.25, 0.3) is 0 Å². The number of nitrogens with zero attached hydrogens (tertiary/aromatic N) is 2. The molecule has 0 aliphatic heterocycles. The zero-order valence-corrected chi connectivity index (χ0v) is 15.1. The monoisotopic (exact) mass is 348 g/mol. The van der Waals surface area contributed by atoms with Gasteiger partial charge in [0.2, 0.25) is 5.91 Å². The average Bonchev–Trinajstić information content (AvgIpc) is 3.03. The molecular formula is C21H24N4O. The van der Waals surface area contributed by atoms with Crippen molar-refractivity contribution in [2.45, 2.75) is 12.5 Å². The summed E-state index contributed by atoms with van der Waals surface area (Å²) in [6.07, 6.45) is 7.82. The number of H-pyrrole nitrogens is 1. The molecule has 0 aliphatic carbocycles. The molecule has 0 saturated carbocycles. The lowest BCUT2D eigenvalue weighted by atomic mass is 10.1. The quantitative estimate of drug-likeness (QED) is 0.646. The van der Waals surface area contributed by atoms with E-state index in [1.54, 1.807) is 12.3 Å². The van der Waals surface area contributed by atoms with Crippen molar-refractivity contribution in [2.24, 2.45) is 0 Å². The van der Waals surface area contributed by atoms with Gasteiger partial charge in [-0.15, -0.1) is 0 Å². The smallest absolute Gasteiger partial charge is 0.244 e. The van der Waals surface area contributed by atoms with Crippen LogP contribution in [0.5, 0.6) is 0 Å². The molecule has 0 saturated heterocycles. The molecule has 2 N–H and O–H groups in total. The van der Waals surface area contributed by atoms with Crippen molar-refractivity contribution in [2.75, 3.05) is 20.6 Å². The van der Waals surface area contributed by atoms with Crippen LogP contribution < -0.4 is 5.32 Å². The Kier molecular flexibility index (Phi) is 5.81. The largest absolute Gasteiger partial charge is 0.348 e. The van der Waals surface area contributed by atoms with Gasteiger partial charge in [-0.3, -0.25) is 4.79 Å². The van der Waals surface area contributed by atoms with Gasteiger partial charge in [-0.05, 0) is 44.3 Å². The van der Waals surface area contributed by atoms with Crippen LogP contribution in [0.25, 0.3) is 17.1 Å². The first kappa shape index (κ1) is 17.9. The van der Waals surface area contributed by atoms with Crippen molar-refractivity contribution in [3.8, 4) is 0 Å². The van der Waals surface area contributed by atoms with Crippen molar-refractivity contribution in [1.82, 2.24) is 20.2 Å². The number of likely N-dealkylation sites (N-methyl/N-ethyl adjacent to an activating group) is 1. The fourth-order valence-corrected chi connectivity index (χ4v) is 3.03. The number of fused-ring (bicyclic) bond motifs is 1. The van der Waals surface area contributed by atoms with Crippen molar-refractivity contribution in [3.63, 3.8) is 0 Å². The van der Waals surface area contributed by atoms with Crippen LogP contribution in [0.1, 0.15) is 11.1 Å². The molecule has 134 valence electrons. The molecule has 26 heavy (non-hydrogen) atoms. The maximum atomic E-state index is 12.4. The van der Waals surface area contributed by atoms with Crippen LogP contribution in [0.3, 0.4) is 0 Å². The number of rotatable bonds is 7. The van der Waals surface area contributed by atoms with E-state index < -0.39 is 0 Å². The number of carbonyl (C=O) groups excluding carboxylic acids is 1. The second-order valence-electron chi connectivity index (χ2n) is 6.63. The lowest BCUT2D eigenvalue weighted by molar-refractivity contribution is -0.117. The molecule has 1 unspecified atom stereocenters. The van der Waals surface area contributed by atoms with Gasteiger partial charge in [-0.25, -0.2) is 4.98 Å².